The molecule has 0 saturated carbocycles. The van der Waals surface area contributed by atoms with Crippen LogP contribution in [0.5, 0.6) is 0 Å². The normalized spacial score (nSPS) is 17.7. The monoisotopic (exact) mass is 263 g/mol. The van der Waals surface area contributed by atoms with Crippen LogP contribution >= 0.6 is 0 Å². The lowest BCUT2D eigenvalue weighted by Crippen LogP contribution is -2.33. The van der Waals surface area contributed by atoms with Crippen molar-refractivity contribution in [2.45, 2.75) is 34.1 Å². The van der Waals surface area contributed by atoms with Crippen LogP contribution in [0.3, 0.4) is 0 Å². The molecule has 0 saturated heterocycles. The third kappa shape index (κ3) is 2.62. The van der Waals surface area contributed by atoms with E-state index in [1.54, 1.807) is 6.92 Å². The Hall–Kier alpha value is -1.84. The number of Topliss-reactive ketones (excluding diaryl/α,β-unsaturated/α-hetero) is 2. The highest BCUT2D eigenvalue weighted by molar-refractivity contribution is 6.24. The van der Waals surface area contributed by atoms with Crippen LogP contribution in [0, 0.1) is 5.41 Å². The fourth-order valence-electron chi connectivity index (χ4n) is 2.36. The fraction of sp³-hybridized carbons (Fsp3) is 0.467. The largest absolute Gasteiger partial charge is 0.491 e. The van der Waals surface area contributed by atoms with Crippen molar-refractivity contribution in [3.8, 4) is 0 Å². The minimum Gasteiger partial charge on any atom is -0.491 e. The first-order chi connectivity index (χ1) is 8.77. The van der Waals surface area contributed by atoms with Gasteiger partial charge >= 0.3 is 0 Å². The molecule has 0 fully saturated rings. The Labute approximate surface area is 114 Å². The second kappa shape index (κ2) is 5.43. The number of carbonyl (C=O) groups is 2. The summed E-state index contributed by atoms with van der Waals surface area (Å²) in [6, 6.07) is 0. The highest BCUT2D eigenvalue weighted by Crippen LogP contribution is 2.38. The van der Waals surface area contributed by atoms with Gasteiger partial charge in [-0.3, -0.25) is 9.59 Å². The summed E-state index contributed by atoms with van der Waals surface area (Å²) in [4.78, 5) is 24.5. The highest BCUT2D eigenvalue weighted by Gasteiger charge is 2.39. The molecule has 0 bridgehead atoms. The molecule has 1 aliphatic carbocycles. The van der Waals surface area contributed by atoms with Crippen LogP contribution in [0.4, 0.5) is 0 Å². The summed E-state index contributed by atoms with van der Waals surface area (Å²) in [6.45, 7) is 7.44. The van der Waals surface area contributed by atoms with Crippen molar-refractivity contribution in [2.24, 2.45) is 11.1 Å². The lowest BCUT2D eigenvalue weighted by atomic mass is 9.73. The minimum atomic E-state index is -0.437. The predicted octanol–water partition coefficient (Wildman–Crippen LogP) is 2.26. The Kier molecular flexibility index (Phi) is 4.35. The lowest BCUT2D eigenvalue weighted by molar-refractivity contribution is -0.119. The van der Waals surface area contributed by atoms with E-state index in [2.05, 4.69) is 0 Å². The first-order valence-electron chi connectivity index (χ1n) is 6.23. The van der Waals surface area contributed by atoms with Crippen molar-refractivity contribution in [1.29, 1.82) is 0 Å². The van der Waals surface area contributed by atoms with E-state index in [9.17, 15) is 9.59 Å². The Balaban J connectivity index is 3.34. The van der Waals surface area contributed by atoms with Gasteiger partial charge in [0.05, 0.1) is 7.11 Å². The van der Waals surface area contributed by atoms with Gasteiger partial charge in [0.15, 0.2) is 5.76 Å². The number of hydrogen-bond acceptors (Lipinski definition) is 4. The standard InChI is InChI=1S/C15H21NO3/c1-6-7-8-15(3,4)10-9(2)12(17)11(16)14(19-5)13(10)18/h6-7H,8,16H2,1-5H3. The zero-order valence-corrected chi connectivity index (χ0v) is 12.2. The Bertz CT molecular complexity index is 507. The molecule has 4 heteroatoms. The molecule has 2 N–H and O–H groups in total. The van der Waals surface area contributed by atoms with Gasteiger partial charge in [0, 0.05) is 11.1 Å². The van der Waals surface area contributed by atoms with E-state index in [-0.39, 0.29) is 23.0 Å². The van der Waals surface area contributed by atoms with Crippen molar-refractivity contribution in [3.63, 3.8) is 0 Å². The molecule has 0 aliphatic heterocycles. The summed E-state index contributed by atoms with van der Waals surface area (Å²) >= 11 is 0. The van der Waals surface area contributed by atoms with Gasteiger partial charge in [-0.25, -0.2) is 0 Å². The predicted molar refractivity (Wildman–Crippen MR) is 74.1 cm³/mol. The topological polar surface area (TPSA) is 69.4 Å². The van der Waals surface area contributed by atoms with Crippen LogP contribution in [0.15, 0.2) is 34.8 Å². The molecule has 0 aromatic carbocycles. The van der Waals surface area contributed by atoms with Gasteiger partial charge in [0.25, 0.3) is 0 Å². The number of hydrogen-bond donors (Lipinski definition) is 1. The van der Waals surface area contributed by atoms with E-state index in [0.29, 0.717) is 17.6 Å². The van der Waals surface area contributed by atoms with Gasteiger partial charge in [0.1, 0.15) is 5.70 Å². The van der Waals surface area contributed by atoms with Gasteiger partial charge < -0.3 is 10.5 Å². The van der Waals surface area contributed by atoms with Crippen LogP contribution in [0.2, 0.25) is 0 Å². The average Bonchev–Trinajstić information content (AvgIpc) is 2.34. The molecule has 1 rings (SSSR count). The number of carbonyl (C=O) groups excluding carboxylic acids is 2. The third-order valence-electron chi connectivity index (χ3n) is 3.38. The summed E-state index contributed by atoms with van der Waals surface area (Å²) < 4.78 is 5.00. The maximum absolute atomic E-state index is 12.4. The van der Waals surface area contributed by atoms with E-state index in [0.717, 1.165) is 0 Å². The lowest BCUT2D eigenvalue weighted by Gasteiger charge is -2.30. The van der Waals surface area contributed by atoms with Gasteiger partial charge in [-0.1, -0.05) is 26.0 Å². The van der Waals surface area contributed by atoms with Crippen molar-refractivity contribution in [1.82, 2.24) is 0 Å². The average molecular weight is 263 g/mol. The van der Waals surface area contributed by atoms with Crippen LogP contribution in [0.1, 0.15) is 34.1 Å². The first-order valence-corrected chi connectivity index (χ1v) is 6.23. The second-order valence-corrected chi connectivity index (χ2v) is 5.26. The summed E-state index contributed by atoms with van der Waals surface area (Å²) in [5, 5.41) is 0. The van der Waals surface area contributed by atoms with Gasteiger partial charge in [-0.15, -0.1) is 0 Å². The maximum atomic E-state index is 12.4. The van der Waals surface area contributed by atoms with E-state index in [4.69, 9.17) is 10.5 Å². The Morgan fingerprint density at radius 1 is 1.26 bits per heavy atom. The van der Waals surface area contributed by atoms with Crippen molar-refractivity contribution in [3.05, 3.63) is 34.8 Å². The second-order valence-electron chi connectivity index (χ2n) is 5.26. The quantitative estimate of drug-likeness (QED) is 0.624. The molecule has 0 spiro atoms. The molecule has 0 aromatic rings. The molecule has 0 unspecified atom stereocenters. The molecule has 1 aliphatic rings. The molecule has 0 radical (unpaired) electrons. The van der Waals surface area contributed by atoms with Gasteiger partial charge in [-0.2, -0.15) is 0 Å². The summed E-state index contributed by atoms with van der Waals surface area (Å²) in [5.74, 6) is -0.647. The van der Waals surface area contributed by atoms with Crippen molar-refractivity contribution < 1.29 is 14.3 Å². The molecule has 4 nitrogen and oxygen atoms in total. The van der Waals surface area contributed by atoms with Crippen LogP contribution in [-0.2, 0) is 14.3 Å². The smallest absolute Gasteiger partial charge is 0.226 e. The number of methoxy groups -OCH3 is 1. The van der Waals surface area contributed by atoms with E-state index >= 15 is 0 Å². The number of allylic oxidation sites excluding steroid dienone is 4. The van der Waals surface area contributed by atoms with E-state index in [1.165, 1.54) is 7.11 Å². The third-order valence-corrected chi connectivity index (χ3v) is 3.38. The van der Waals surface area contributed by atoms with Gasteiger partial charge in [0.2, 0.25) is 11.6 Å². The Morgan fingerprint density at radius 3 is 2.32 bits per heavy atom. The maximum Gasteiger partial charge on any atom is 0.226 e. The molecule has 0 amide bonds. The number of ketones is 2. The number of ether oxygens (including phenoxy) is 1. The summed E-state index contributed by atoms with van der Waals surface area (Å²) in [5.41, 5.74) is 6.02. The molecular formula is C15H21NO3. The van der Waals surface area contributed by atoms with E-state index in [1.807, 2.05) is 32.9 Å². The van der Waals surface area contributed by atoms with Crippen molar-refractivity contribution >= 4 is 11.6 Å². The zero-order valence-electron chi connectivity index (χ0n) is 12.2. The molecule has 104 valence electrons. The Morgan fingerprint density at radius 2 is 1.84 bits per heavy atom. The SMILES string of the molecule is CC=CCC(C)(C)C1=C(C)C(=O)C(N)=C(OC)C1=O. The van der Waals surface area contributed by atoms with Gasteiger partial charge in [-0.05, 0) is 25.7 Å². The molecular weight excluding hydrogens is 242 g/mol. The van der Waals surface area contributed by atoms with E-state index < -0.39 is 5.41 Å². The molecule has 0 heterocycles. The summed E-state index contributed by atoms with van der Waals surface area (Å²) in [6.07, 6.45) is 4.58. The van der Waals surface area contributed by atoms with Crippen LogP contribution in [0.25, 0.3) is 0 Å². The molecule has 0 aromatic heterocycles. The van der Waals surface area contributed by atoms with Crippen LogP contribution in [-0.4, -0.2) is 18.7 Å². The minimum absolute atomic E-state index is 0.0425. The molecule has 19 heavy (non-hydrogen) atoms. The fourth-order valence-corrected chi connectivity index (χ4v) is 2.36. The summed E-state index contributed by atoms with van der Waals surface area (Å²) in [7, 11) is 1.35. The highest BCUT2D eigenvalue weighted by atomic mass is 16.5. The number of rotatable bonds is 4. The molecule has 0 atom stereocenters. The van der Waals surface area contributed by atoms with Crippen LogP contribution < -0.4 is 5.73 Å². The van der Waals surface area contributed by atoms with Crippen molar-refractivity contribution in [2.75, 3.05) is 7.11 Å². The number of nitrogens with two attached hydrogens (primary N) is 1. The zero-order chi connectivity index (χ0) is 14.8. The first kappa shape index (κ1) is 15.2.